The SMILES string of the molecule is COCCOCCOC(=O)CCN1CCCC1. The first-order valence-electron chi connectivity index (χ1n) is 6.27. The van der Waals surface area contributed by atoms with E-state index in [0.717, 1.165) is 19.6 Å². The van der Waals surface area contributed by atoms with E-state index in [-0.39, 0.29) is 5.97 Å². The second kappa shape index (κ2) is 9.39. The number of ether oxygens (including phenoxy) is 3. The summed E-state index contributed by atoms with van der Waals surface area (Å²) in [5.41, 5.74) is 0. The van der Waals surface area contributed by atoms with Gasteiger partial charge in [0.1, 0.15) is 6.61 Å². The summed E-state index contributed by atoms with van der Waals surface area (Å²) in [6, 6.07) is 0. The predicted octanol–water partition coefficient (Wildman–Crippen LogP) is 0.679. The minimum Gasteiger partial charge on any atom is -0.463 e. The lowest BCUT2D eigenvalue weighted by molar-refractivity contribution is -0.145. The maximum atomic E-state index is 11.4. The zero-order valence-electron chi connectivity index (χ0n) is 10.7. The normalized spacial score (nSPS) is 16.3. The van der Waals surface area contributed by atoms with Crippen LogP contribution < -0.4 is 0 Å². The molecule has 0 aromatic carbocycles. The molecule has 0 N–H and O–H groups in total. The van der Waals surface area contributed by atoms with Gasteiger partial charge in [0, 0.05) is 13.7 Å². The fourth-order valence-electron chi connectivity index (χ4n) is 1.79. The number of esters is 1. The summed E-state index contributed by atoms with van der Waals surface area (Å²) in [6.45, 7) is 4.95. The van der Waals surface area contributed by atoms with Gasteiger partial charge in [0.15, 0.2) is 0 Å². The molecular weight excluding hydrogens is 222 g/mol. The van der Waals surface area contributed by atoms with Crippen LogP contribution in [-0.4, -0.2) is 64.0 Å². The fourth-order valence-corrected chi connectivity index (χ4v) is 1.79. The molecule has 1 fully saturated rings. The van der Waals surface area contributed by atoms with Crippen molar-refractivity contribution in [1.29, 1.82) is 0 Å². The maximum absolute atomic E-state index is 11.4. The molecule has 1 rings (SSSR count). The van der Waals surface area contributed by atoms with Gasteiger partial charge in [0.05, 0.1) is 26.2 Å². The summed E-state index contributed by atoms with van der Waals surface area (Å²) in [7, 11) is 1.63. The van der Waals surface area contributed by atoms with Crippen LogP contribution in [0.1, 0.15) is 19.3 Å². The monoisotopic (exact) mass is 245 g/mol. The first-order chi connectivity index (χ1) is 8.33. The number of methoxy groups -OCH3 is 1. The average molecular weight is 245 g/mol. The van der Waals surface area contributed by atoms with Crippen LogP contribution in [0.25, 0.3) is 0 Å². The van der Waals surface area contributed by atoms with Crippen LogP contribution in [0.2, 0.25) is 0 Å². The van der Waals surface area contributed by atoms with Crippen molar-refractivity contribution in [2.45, 2.75) is 19.3 Å². The van der Waals surface area contributed by atoms with Crippen molar-refractivity contribution in [2.24, 2.45) is 0 Å². The van der Waals surface area contributed by atoms with E-state index in [1.165, 1.54) is 12.8 Å². The first kappa shape index (κ1) is 14.4. The minimum atomic E-state index is -0.132. The molecule has 0 aromatic rings. The van der Waals surface area contributed by atoms with Crippen LogP contribution in [0, 0.1) is 0 Å². The van der Waals surface area contributed by atoms with Gasteiger partial charge in [-0.15, -0.1) is 0 Å². The Kier molecular flexibility index (Phi) is 7.96. The Bertz CT molecular complexity index is 205. The van der Waals surface area contributed by atoms with Gasteiger partial charge < -0.3 is 19.1 Å². The third-order valence-corrected chi connectivity index (χ3v) is 2.75. The summed E-state index contributed by atoms with van der Waals surface area (Å²) < 4.78 is 15.1. The average Bonchev–Trinajstić information content (AvgIpc) is 2.84. The molecule has 0 aromatic heterocycles. The summed E-state index contributed by atoms with van der Waals surface area (Å²) in [6.07, 6.45) is 2.99. The van der Waals surface area contributed by atoms with Crippen LogP contribution in [-0.2, 0) is 19.0 Å². The standard InChI is InChI=1S/C12H23NO4/c1-15-8-9-16-10-11-17-12(14)4-7-13-5-2-3-6-13/h2-11H2,1H3. The fraction of sp³-hybridized carbons (Fsp3) is 0.917. The van der Waals surface area contributed by atoms with Crippen molar-refractivity contribution in [2.75, 3.05) is 53.2 Å². The molecule has 5 heteroatoms. The Morgan fingerprint density at radius 1 is 1.12 bits per heavy atom. The number of carbonyl (C=O) groups is 1. The molecule has 0 aliphatic carbocycles. The number of likely N-dealkylation sites (tertiary alicyclic amines) is 1. The molecule has 5 nitrogen and oxygen atoms in total. The molecule has 0 amide bonds. The van der Waals surface area contributed by atoms with Crippen molar-refractivity contribution in [3.8, 4) is 0 Å². The van der Waals surface area contributed by atoms with Crippen LogP contribution in [0.3, 0.4) is 0 Å². The highest BCUT2D eigenvalue weighted by Gasteiger charge is 2.13. The van der Waals surface area contributed by atoms with Gasteiger partial charge in [-0.05, 0) is 25.9 Å². The molecule has 0 unspecified atom stereocenters. The maximum Gasteiger partial charge on any atom is 0.307 e. The molecule has 1 aliphatic heterocycles. The van der Waals surface area contributed by atoms with Crippen LogP contribution in [0.4, 0.5) is 0 Å². The summed E-state index contributed by atoms with van der Waals surface area (Å²) in [5, 5.41) is 0. The number of hydrogen-bond donors (Lipinski definition) is 0. The van der Waals surface area contributed by atoms with Crippen LogP contribution in [0.15, 0.2) is 0 Å². The molecule has 0 spiro atoms. The smallest absolute Gasteiger partial charge is 0.307 e. The summed E-state index contributed by atoms with van der Waals surface area (Å²) in [4.78, 5) is 13.7. The van der Waals surface area contributed by atoms with Crippen LogP contribution >= 0.6 is 0 Å². The minimum absolute atomic E-state index is 0.132. The van der Waals surface area contributed by atoms with E-state index in [1.54, 1.807) is 7.11 Å². The third kappa shape index (κ3) is 7.31. The van der Waals surface area contributed by atoms with E-state index in [1.807, 2.05) is 0 Å². The Balaban J connectivity index is 1.87. The molecule has 100 valence electrons. The summed E-state index contributed by atoms with van der Waals surface area (Å²) in [5.74, 6) is -0.132. The zero-order valence-corrected chi connectivity index (χ0v) is 10.7. The largest absolute Gasteiger partial charge is 0.463 e. The van der Waals surface area contributed by atoms with E-state index < -0.39 is 0 Å². The lowest BCUT2D eigenvalue weighted by atomic mass is 10.4. The van der Waals surface area contributed by atoms with E-state index in [9.17, 15) is 4.79 Å². The zero-order chi connectivity index (χ0) is 12.3. The lowest BCUT2D eigenvalue weighted by Gasteiger charge is -2.13. The van der Waals surface area contributed by atoms with Gasteiger partial charge in [-0.1, -0.05) is 0 Å². The van der Waals surface area contributed by atoms with Crippen molar-refractivity contribution in [3.63, 3.8) is 0 Å². The van der Waals surface area contributed by atoms with Gasteiger partial charge in [-0.25, -0.2) is 0 Å². The van der Waals surface area contributed by atoms with Gasteiger partial charge in [0.25, 0.3) is 0 Å². The summed E-state index contributed by atoms with van der Waals surface area (Å²) >= 11 is 0. The Morgan fingerprint density at radius 2 is 1.82 bits per heavy atom. The molecule has 1 aliphatic rings. The molecule has 17 heavy (non-hydrogen) atoms. The highest BCUT2D eigenvalue weighted by Crippen LogP contribution is 2.07. The Labute approximate surface area is 103 Å². The molecule has 0 radical (unpaired) electrons. The topological polar surface area (TPSA) is 48.0 Å². The number of carbonyl (C=O) groups excluding carboxylic acids is 1. The molecule has 0 atom stereocenters. The molecule has 1 saturated heterocycles. The Morgan fingerprint density at radius 3 is 2.53 bits per heavy atom. The number of hydrogen-bond acceptors (Lipinski definition) is 5. The molecule has 1 heterocycles. The van der Waals surface area contributed by atoms with Gasteiger partial charge >= 0.3 is 5.97 Å². The van der Waals surface area contributed by atoms with E-state index >= 15 is 0 Å². The quantitative estimate of drug-likeness (QED) is 0.441. The van der Waals surface area contributed by atoms with Gasteiger partial charge in [0.2, 0.25) is 0 Å². The predicted molar refractivity (Wildman–Crippen MR) is 63.9 cm³/mol. The van der Waals surface area contributed by atoms with Crippen molar-refractivity contribution >= 4 is 5.97 Å². The van der Waals surface area contributed by atoms with E-state index in [4.69, 9.17) is 14.2 Å². The molecule has 0 bridgehead atoms. The number of rotatable bonds is 9. The molecular formula is C12H23NO4. The van der Waals surface area contributed by atoms with E-state index in [0.29, 0.717) is 32.8 Å². The lowest BCUT2D eigenvalue weighted by Crippen LogP contribution is -2.23. The van der Waals surface area contributed by atoms with Crippen molar-refractivity contribution in [3.05, 3.63) is 0 Å². The molecule has 0 saturated carbocycles. The van der Waals surface area contributed by atoms with Crippen LogP contribution in [0.5, 0.6) is 0 Å². The van der Waals surface area contributed by atoms with Gasteiger partial charge in [-0.2, -0.15) is 0 Å². The second-order valence-electron chi connectivity index (χ2n) is 4.12. The highest BCUT2D eigenvalue weighted by atomic mass is 16.6. The number of nitrogens with zero attached hydrogens (tertiary/aromatic N) is 1. The Hall–Kier alpha value is -0.650. The van der Waals surface area contributed by atoms with Crippen molar-refractivity contribution < 1.29 is 19.0 Å². The van der Waals surface area contributed by atoms with Gasteiger partial charge in [-0.3, -0.25) is 4.79 Å². The third-order valence-electron chi connectivity index (χ3n) is 2.75. The van der Waals surface area contributed by atoms with E-state index in [2.05, 4.69) is 4.90 Å². The second-order valence-corrected chi connectivity index (χ2v) is 4.12. The first-order valence-corrected chi connectivity index (χ1v) is 6.27. The highest BCUT2D eigenvalue weighted by molar-refractivity contribution is 5.69. The van der Waals surface area contributed by atoms with Crippen molar-refractivity contribution in [1.82, 2.24) is 4.90 Å².